The summed E-state index contributed by atoms with van der Waals surface area (Å²) in [5.74, 6) is 3.26. The third-order valence-electron chi connectivity index (χ3n) is 4.35. The molecule has 0 bridgehead atoms. The van der Waals surface area contributed by atoms with E-state index < -0.39 is 0 Å². The van der Waals surface area contributed by atoms with Crippen LogP contribution in [0, 0.1) is 5.92 Å². The van der Waals surface area contributed by atoms with Gasteiger partial charge in [-0.3, -0.25) is 10.00 Å². The lowest BCUT2D eigenvalue weighted by atomic mass is 10.2. The molecule has 154 valence electrons. The van der Waals surface area contributed by atoms with Gasteiger partial charge in [-0.15, -0.1) is 5.10 Å². The third-order valence-corrected chi connectivity index (χ3v) is 4.35. The molecule has 1 saturated heterocycles. The topological polar surface area (TPSA) is 104 Å². The number of hydrogen-bond donors (Lipinski definition) is 3. The van der Waals surface area contributed by atoms with Gasteiger partial charge in [0.05, 0.1) is 19.0 Å². The van der Waals surface area contributed by atoms with Gasteiger partial charge in [0.15, 0.2) is 11.7 Å². The first-order chi connectivity index (χ1) is 13.6. The van der Waals surface area contributed by atoms with E-state index >= 15 is 0 Å². The van der Waals surface area contributed by atoms with Crippen LogP contribution in [0.3, 0.4) is 0 Å². The summed E-state index contributed by atoms with van der Waals surface area (Å²) in [6, 6.07) is 3.64. The number of aliphatic imine (C=N–C) groups is 1. The van der Waals surface area contributed by atoms with E-state index in [1.165, 1.54) is 0 Å². The first-order valence-corrected chi connectivity index (χ1v) is 9.95. The highest BCUT2D eigenvalue weighted by atomic mass is 16.5. The van der Waals surface area contributed by atoms with Gasteiger partial charge in [0.25, 0.3) is 0 Å². The van der Waals surface area contributed by atoms with Crippen molar-refractivity contribution >= 4 is 5.96 Å². The highest BCUT2D eigenvalue weighted by Gasteiger charge is 2.21. The Labute approximate surface area is 166 Å². The fraction of sp³-hybridized carbons (Fsp3) is 0.632. The summed E-state index contributed by atoms with van der Waals surface area (Å²) in [6.07, 6.45) is 1.76. The highest BCUT2D eigenvalue weighted by Crippen LogP contribution is 2.14. The molecule has 0 radical (unpaired) electrons. The average molecular weight is 390 g/mol. The van der Waals surface area contributed by atoms with Crippen LogP contribution >= 0.6 is 0 Å². The molecule has 0 spiro atoms. The molecule has 0 aliphatic carbocycles. The number of nitrogens with zero attached hydrogens (tertiary/aromatic N) is 4. The maximum absolute atomic E-state index is 5.90. The van der Waals surface area contributed by atoms with E-state index in [-0.39, 0.29) is 6.10 Å². The monoisotopic (exact) mass is 389 g/mol. The second-order valence-electron chi connectivity index (χ2n) is 7.31. The van der Waals surface area contributed by atoms with Crippen molar-refractivity contribution in [2.45, 2.75) is 33.4 Å². The number of aromatic nitrogens is 3. The van der Waals surface area contributed by atoms with E-state index in [1.807, 2.05) is 19.1 Å². The number of ether oxygens (including phenoxy) is 1. The molecule has 9 heteroatoms. The molecule has 1 atom stereocenters. The van der Waals surface area contributed by atoms with E-state index in [1.54, 1.807) is 6.26 Å². The molecule has 3 N–H and O–H groups in total. The Kier molecular flexibility index (Phi) is 7.44. The number of morpholine rings is 1. The molecule has 3 rings (SSSR count). The zero-order valence-electron chi connectivity index (χ0n) is 16.9. The maximum Gasteiger partial charge on any atom is 0.216 e. The van der Waals surface area contributed by atoms with Crippen molar-refractivity contribution in [3.05, 3.63) is 24.2 Å². The minimum atomic E-state index is 0.159. The molecule has 0 amide bonds. The normalized spacial score (nSPS) is 18.6. The van der Waals surface area contributed by atoms with Gasteiger partial charge in [-0.1, -0.05) is 13.8 Å². The Balaban J connectivity index is 1.51. The van der Waals surface area contributed by atoms with Crippen LogP contribution in [0.5, 0.6) is 0 Å². The molecular formula is C19H31N7O2. The molecule has 9 nitrogen and oxygen atoms in total. The van der Waals surface area contributed by atoms with Crippen LogP contribution in [0.4, 0.5) is 0 Å². The summed E-state index contributed by atoms with van der Waals surface area (Å²) in [7, 11) is 0. The van der Waals surface area contributed by atoms with Crippen LogP contribution in [-0.2, 0) is 11.3 Å². The molecule has 1 fully saturated rings. The van der Waals surface area contributed by atoms with E-state index in [4.69, 9.17) is 9.15 Å². The largest absolute Gasteiger partial charge is 0.461 e. The number of aromatic amines is 1. The van der Waals surface area contributed by atoms with Crippen molar-refractivity contribution in [2.24, 2.45) is 10.9 Å². The lowest BCUT2D eigenvalue weighted by molar-refractivity contribution is -0.0284. The number of H-pyrrole nitrogens is 1. The van der Waals surface area contributed by atoms with Gasteiger partial charge < -0.3 is 19.8 Å². The fourth-order valence-corrected chi connectivity index (χ4v) is 3.17. The molecule has 1 aliphatic heterocycles. The Morgan fingerprint density at radius 3 is 3.07 bits per heavy atom. The number of nitrogens with one attached hydrogen (secondary N) is 3. The standard InChI is InChI=1S/C19H31N7O2/c1-4-20-19(21-10-15-13-26(7-9-27-15)12-14(2)3)22-11-17-23-18(25-24-17)16-6-5-8-28-16/h5-6,8,14-15H,4,7,9-13H2,1-3H3,(H2,20,21,22)(H,23,24,25). The minimum absolute atomic E-state index is 0.159. The summed E-state index contributed by atoms with van der Waals surface area (Å²) in [6.45, 7) is 12.3. The van der Waals surface area contributed by atoms with E-state index in [9.17, 15) is 0 Å². The van der Waals surface area contributed by atoms with Crippen molar-refractivity contribution in [2.75, 3.05) is 39.3 Å². The van der Waals surface area contributed by atoms with Crippen LogP contribution in [0.2, 0.25) is 0 Å². The van der Waals surface area contributed by atoms with Crippen molar-refractivity contribution in [1.82, 2.24) is 30.7 Å². The summed E-state index contributed by atoms with van der Waals surface area (Å²) < 4.78 is 11.2. The molecule has 1 unspecified atom stereocenters. The van der Waals surface area contributed by atoms with Gasteiger partial charge in [0.2, 0.25) is 5.82 Å². The molecule has 2 aromatic heterocycles. The third kappa shape index (κ3) is 6.07. The van der Waals surface area contributed by atoms with Crippen LogP contribution < -0.4 is 10.6 Å². The van der Waals surface area contributed by atoms with Crippen molar-refractivity contribution in [1.29, 1.82) is 0 Å². The maximum atomic E-state index is 5.90. The summed E-state index contributed by atoms with van der Waals surface area (Å²) in [4.78, 5) is 11.5. The Bertz CT molecular complexity index is 726. The number of furan rings is 1. The number of hydrogen-bond acceptors (Lipinski definition) is 6. The molecule has 0 saturated carbocycles. The van der Waals surface area contributed by atoms with E-state index in [0.717, 1.165) is 38.7 Å². The second kappa shape index (κ2) is 10.2. The smallest absolute Gasteiger partial charge is 0.216 e. The van der Waals surface area contributed by atoms with Crippen LogP contribution in [0.1, 0.15) is 26.6 Å². The number of rotatable bonds is 8. The first kappa shape index (κ1) is 20.3. The fourth-order valence-electron chi connectivity index (χ4n) is 3.17. The van der Waals surface area contributed by atoms with Gasteiger partial charge in [-0.25, -0.2) is 9.98 Å². The van der Waals surface area contributed by atoms with E-state index in [0.29, 0.717) is 36.4 Å². The molecule has 1 aliphatic rings. The average Bonchev–Trinajstić information content (AvgIpc) is 3.35. The Morgan fingerprint density at radius 2 is 2.32 bits per heavy atom. The van der Waals surface area contributed by atoms with Gasteiger partial charge >= 0.3 is 0 Å². The van der Waals surface area contributed by atoms with Crippen molar-refractivity contribution in [3.63, 3.8) is 0 Å². The lowest BCUT2D eigenvalue weighted by Crippen LogP contribution is -2.50. The van der Waals surface area contributed by atoms with Gasteiger partial charge in [-0.2, -0.15) is 0 Å². The molecule has 0 aromatic carbocycles. The molecular weight excluding hydrogens is 358 g/mol. The summed E-state index contributed by atoms with van der Waals surface area (Å²) >= 11 is 0. The molecule has 28 heavy (non-hydrogen) atoms. The minimum Gasteiger partial charge on any atom is -0.461 e. The van der Waals surface area contributed by atoms with Crippen molar-refractivity contribution in [3.8, 4) is 11.6 Å². The van der Waals surface area contributed by atoms with Gasteiger partial charge in [0.1, 0.15) is 12.4 Å². The quantitative estimate of drug-likeness (QED) is 0.464. The number of guanidine groups is 1. The van der Waals surface area contributed by atoms with Gasteiger partial charge in [0, 0.05) is 32.7 Å². The Hall–Kier alpha value is -2.39. The van der Waals surface area contributed by atoms with Crippen LogP contribution in [0.25, 0.3) is 11.6 Å². The van der Waals surface area contributed by atoms with E-state index in [2.05, 4.69) is 49.6 Å². The highest BCUT2D eigenvalue weighted by molar-refractivity contribution is 5.79. The first-order valence-electron chi connectivity index (χ1n) is 9.95. The lowest BCUT2D eigenvalue weighted by Gasteiger charge is -2.34. The predicted molar refractivity (Wildman–Crippen MR) is 108 cm³/mol. The predicted octanol–water partition coefficient (Wildman–Crippen LogP) is 1.48. The SMILES string of the molecule is CCNC(=NCc1nc(-c2ccco2)n[nH]1)NCC1CN(CC(C)C)CCO1. The van der Waals surface area contributed by atoms with Crippen molar-refractivity contribution < 1.29 is 9.15 Å². The summed E-state index contributed by atoms with van der Waals surface area (Å²) in [5.41, 5.74) is 0. The molecule has 2 aromatic rings. The molecule has 3 heterocycles. The summed E-state index contributed by atoms with van der Waals surface area (Å²) in [5, 5.41) is 13.7. The zero-order valence-corrected chi connectivity index (χ0v) is 16.9. The Morgan fingerprint density at radius 1 is 1.43 bits per heavy atom. The van der Waals surface area contributed by atoms with Crippen LogP contribution in [0.15, 0.2) is 27.8 Å². The van der Waals surface area contributed by atoms with Crippen LogP contribution in [-0.4, -0.2) is 71.5 Å². The zero-order chi connectivity index (χ0) is 19.8. The van der Waals surface area contributed by atoms with Gasteiger partial charge in [-0.05, 0) is 25.0 Å². The second-order valence-corrected chi connectivity index (χ2v) is 7.31.